The van der Waals surface area contributed by atoms with Gasteiger partial charge in [0.2, 0.25) is 0 Å². The van der Waals surface area contributed by atoms with Gasteiger partial charge < -0.3 is 0 Å². The van der Waals surface area contributed by atoms with Crippen LogP contribution >= 0.6 is 15.9 Å². The van der Waals surface area contributed by atoms with E-state index in [1.165, 1.54) is 6.20 Å². The zero-order chi connectivity index (χ0) is 9.84. The molecule has 0 unspecified atom stereocenters. The molecule has 6 heteroatoms. The molecule has 0 aliphatic heterocycles. The minimum atomic E-state index is -0.392. The average Bonchev–Trinajstić information content (AvgIpc) is 2.43. The van der Waals surface area contributed by atoms with Gasteiger partial charge in [-0.25, -0.2) is 0 Å². The zero-order valence-electron chi connectivity index (χ0n) is 7.23. The van der Waals surface area contributed by atoms with Crippen LogP contribution < -0.4 is 0 Å². The molecule has 0 atom stereocenters. The van der Waals surface area contributed by atoms with Crippen molar-refractivity contribution in [3.8, 4) is 0 Å². The lowest BCUT2D eigenvalue weighted by Crippen LogP contribution is -2.01. The lowest BCUT2D eigenvalue weighted by molar-refractivity contribution is -0.385. The molecule has 1 aromatic heterocycles. The second kappa shape index (κ2) is 4.36. The van der Waals surface area contributed by atoms with Crippen LogP contribution in [0.5, 0.6) is 0 Å². The molecule has 0 bridgehead atoms. The summed E-state index contributed by atoms with van der Waals surface area (Å²) in [6, 6.07) is 0. The summed E-state index contributed by atoms with van der Waals surface area (Å²) >= 11 is 3.28. The van der Waals surface area contributed by atoms with E-state index >= 15 is 0 Å². The molecule has 0 amide bonds. The van der Waals surface area contributed by atoms with Crippen molar-refractivity contribution < 1.29 is 4.92 Å². The molecule has 5 nitrogen and oxygen atoms in total. The molecule has 1 aromatic rings. The Kier molecular flexibility index (Phi) is 3.41. The third-order valence-corrected chi connectivity index (χ3v) is 2.34. The summed E-state index contributed by atoms with van der Waals surface area (Å²) in [7, 11) is 1.72. The highest BCUT2D eigenvalue weighted by Crippen LogP contribution is 2.18. The van der Waals surface area contributed by atoms with Crippen molar-refractivity contribution in [1.82, 2.24) is 9.78 Å². The van der Waals surface area contributed by atoms with Gasteiger partial charge in [-0.05, 0) is 12.8 Å². The van der Waals surface area contributed by atoms with E-state index in [-0.39, 0.29) is 5.69 Å². The van der Waals surface area contributed by atoms with Crippen LogP contribution in [0.3, 0.4) is 0 Å². The van der Waals surface area contributed by atoms with Crippen LogP contribution in [0.4, 0.5) is 5.69 Å². The summed E-state index contributed by atoms with van der Waals surface area (Å²) in [5.41, 5.74) is 0.799. The molecule has 1 rings (SSSR count). The molecule has 0 spiro atoms. The van der Waals surface area contributed by atoms with Crippen LogP contribution in [0, 0.1) is 10.1 Å². The van der Waals surface area contributed by atoms with Gasteiger partial charge in [-0.1, -0.05) is 15.9 Å². The van der Waals surface area contributed by atoms with Gasteiger partial charge in [-0.15, -0.1) is 0 Å². The molecule has 0 aliphatic carbocycles. The molecular formula is C7H10BrN3O2. The Morgan fingerprint density at radius 3 is 3.00 bits per heavy atom. The highest BCUT2D eigenvalue weighted by molar-refractivity contribution is 9.09. The number of alkyl halides is 1. The third-order valence-electron chi connectivity index (χ3n) is 1.78. The monoisotopic (exact) mass is 247 g/mol. The quantitative estimate of drug-likeness (QED) is 0.462. The lowest BCUT2D eigenvalue weighted by Gasteiger charge is -1.98. The van der Waals surface area contributed by atoms with Gasteiger partial charge in [-0.3, -0.25) is 14.8 Å². The predicted molar refractivity (Wildman–Crippen MR) is 52.0 cm³/mol. The first kappa shape index (κ1) is 10.2. The van der Waals surface area contributed by atoms with Crippen molar-refractivity contribution in [2.24, 2.45) is 7.05 Å². The maximum atomic E-state index is 10.5. The van der Waals surface area contributed by atoms with Crippen molar-refractivity contribution in [1.29, 1.82) is 0 Å². The average molecular weight is 248 g/mol. The number of halogens is 1. The standard InChI is InChI=1S/C7H10BrN3O2/c1-10-6(3-2-4-8)7(5-9-10)11(12)13/h5H,2-4H2,1H3. The van der Waals surface area contributed by atoms with Gasteiger partial charge in [0.05, 0.1) is 4.92 Å². The zero-order valence-corrected chi connectivity index (χ0v) is 8.82. The third kappa shape index (κ3) is 2.27. The summed E-state index contributed by atoms with van der Waals surface area (Å²) in [5.74, 6) is 0. The lowest BCUT2D eigenvalue weighted by atomic mass is 10.2. The molecule has 72 valence electrons. The van der Waals surface area contributed by atoms with E-state index in [0.717, 1.165) is 11.8 Å². The first-order valence-corrected chi connectivity index (χ1v) is 5.00. The SMILES string of the molecule is Cn1ncc([N+](=O)[O-])c1CCCBr. The Balaban J connectivity index is 2.88. The molecule has 0 radical (unpaired) electrons. The van der Waals surface area contributed by atoms with Gasteiger partial charge in [-0.2, -0.15) is 5.10 Å². The first-order valence-electron chi connectivity index (χ1n) is 3.88. The van der Waals surface area contributed by atoms with Crippen molar-refractivity contribution in [2.45, 2.75) is 12.8 Å². The van der Waals surface area contributed by atoms with E-state index in [9.17, 15) is 10.1 Å². The molecule has 13 heavy (non-hydrogen) atoms. The minimum Gasteiger partial charge on any atom is -0.265 e. The number of rotatable bonds is 4. The molecule has 0 aromatic carbocycles. The molecular weight excluding hydrogens is 238 g/mol. The summed E-state index contributed by atoms with van der Waals surface area (Å²) in [5, 5.41) is 15.2. The molecule has 0 saturated carbocycles. The van der Waals surface area contributed by atoms with E-state index in [2.05, 4.69) is 21.0 Å². The number of nitro groups is 1. The Bertz CT molecular complexity index is 311. The highest BCUT2D eigenvalue weighted by Gasteiger charge is 2.17. The van der Waals surface area contributed by atoms with Crippen LogP contribution in [0.2, 0.25) is 0 Å². The minimum absolute atomic E-state index is 0.114. The van der Waals surface area contributed by atoms with Crippen molar-refractivity contribution in [3.63, 3.8) is 0 Å². The number of aromatic nitrogens is 2. The fourth-order valence-corrected chi connectivity index (χ4v) is 1.41. The van der Waals surface area contributed by atoms with E-state index in [4.69, 9.17) is 0 Å². The van der Waals surface area contributed by atoms with Gasteiger partial charge >= 0.3 is 5.69 Å². The van der Waals surface area contributed by atoms with Crippen LogP contribution in [0.25, 0.3) is 0 Å². The summed E-state index contributed by atoms with van der Waals surface area (Å²) in [6.45, 7) is 0. The van der Waals surface area contributed by atoms with E-state index in [0.29, 0.717) is 12.1 Å². The molecule has 0 fully saturated rings. The van der Waals surface area contributed by atoms with Crippen LogP contribution in [0.1, 0.15) is 12.1 Å². The first-order chi connectivity index (χ1) is 6.16. The summed E-state index contributed by atoms with van der Waals surface area (Å²) in [4.78, 5) is 10.1. The Morgan fingerprint density at radius 2 is 2.46 bits per heavy atom. The topological polar surface area (TPSA) is 61.0 Å². The van der Waals surface area contributed by atoms with Crippen LogP contribution in [0.15, 0.2) is 6.20 Å². The fourth-order valence-electron chi connectivity index (χ4n) is 1.13. The Hall–Kier alpha value is -0.910. The number of aryl methyl sites for hydroxylation is 1. The molecule has 0 aliphatic rings. The number of hydrogen-bond acceptors (Lipinski definition) is 3. The summed E-state index contributed by atoms with van der Waals surface area (Å²) < 4.78 is 1.56. The smallest absolute Gasteiger partial charge is 0.265 e. The van der Waals surface area contributed by atoms with E-state index < -0.39 is 4.92 Å². The summed E-state index contributed by atoms with van der Waals surface area (Å²) in [6.07, 6.45) is 2.85. The van der Waals surface area contributed by atoms with Crippen LogP contribution in [-0.4, -0.2) is 20.0 Å². The normalized spacial score (nSPS) is 10.3. The van der Waals surface area contributed by atoms with Gasteiger partial charge in [0.15, 0.2) is 0 Å². The van der Waals surface area contributed by atoms with Gasteiger partial charge in [0.1, 0.15) is 11.9 Å². The molecule has 0 N–H and O–H groups in total. The van der Waals surface area contributed by atoms with Gasteiger partial charge in [0, 0.05) is 12.4 Å². The second-order valence-corrected chi connectivity index (χ2v) is 3.44. The van der Waals surface area contributed by atoms with Crippen molar-refractivity contribution in [3.05, 3.63) is 22.0 Å². The van der Waals surface area contributed by atoms with Gasteiger partial charge in [0.25, 0.3) is 0 Å². The van der Waals surface area contributed by atoms with Crippen molar-refractivity contribution >= 4 is 21.6 Å². The Labute approximate surface area is 84.0 Å². The number of hydrogen-bond donors (Lipinski definition) is 0. The molecule has 0 saturated heterocycles. The predicted octanol–water partition coefficient (Wildman–Crippen LogP) is 1.66. The van der Waals surface area contributed by atoms with E-state index in [1.54, 1.807) is 11.7 Å². The molecule has 1 heterocycles. The van der Waals surface area contributed by atoms with Crippen LogP contribution in [-0.2, 0) is 13.5 Å². The second-order valence-electron chi connectivity index (χ2n) is 2.65. The maximum Gasteiger partial charge on any atom is 0.310 e. The Morgan fingerprint density at radius 1 is 1.77 bits per heavy atom. The number of nitrogens with zero attached hydrogens (tertiary/aromatic N) is 3. The fraction of sp³-hybridized carbons (Fsp3) is 0.571. The van der Waals surface area contributed by atoms with Crippen molar-refractivity contribution in [2.75, 3.05) is 5.33 Å². The highest BCUT2D eigenvalue weighted by atomic mass is 79.9. The largest absolute Gasteiger partial charge is 0.310 e. The maximum absolute atomic E-state index is 10.5. The van der Waals surface area contributed by atoms with E-state index in [1.807, 2.05) is 0 Å².